The predicted molar refractivity (Wildman–Crippen MR) is 118 cm³/mol. The van der Waals surface area contributed by atoms with Crippen LogP contribution in [0.2, 0.25) is 0 Å². The number of hydrogen-bond acceptors (Lipinski definition) is 4. The lowest BCUT2D eigenvalue weighted by Gasteiger charge is -2.14. The molecule has 0 spiro atoms. The highest BCUT2D eigenvalue weighted by Crippen LogP contribution is 2.38. The molecule has 0 fully saturated rings. The Kier molecular flexibility index (Phi) is 7.10. The SMILES string of the molecule is COc1ccc(/C(C#N)=C/c2cc(Br)c(OCc3ccc(F)cc3)c(OC)c2)cc1. The predicted octanol–water partition coefficient (Wildman–Crippen LogP) is 6.25. The van der Waals surface area contributed by atoms with E-state index in [1.54, 1.807) is 38.5 Å². The maximum atomic E-state index is 13.1. The molecule has 0 radical (unpaired) electrons. The molecule has 152 valence electrons. The third-order valence-corrected chi connectivity index (χ3v) is 4.97. The monoisotopic (exact) mass is 467 g/mol. The van der Waals surface area contributed by atoms with Crippen molar-refractivity contribution in [3.05, 3.63) is 87.6 Å². The smallest absolute Gasteiger partial charge is 0.175 e. The van der Waals surface area contributed by atoms with Crippen molar-refractivity contribution in [3.63, 3.8) is 0 Å². The maximum absolute atomic E-state index is 13.1. The number of rotatable bonds is 7. The summed E-state index contributed by atoms with van der Waals surface area (Å²) >= 11 is 3.52. The summed E-state index contributed by atoms with van der Waals surface area (Å²) in [6, 6.07) is 19.3. The molecule has 3 aromatic carbocycles. The average Bonchev–Trinajstić information content (AvgIpc) is 2.77. The van der Waals surface area contributed by atoms with Crippen LogP contribution in [0.5, 0.6) is 17.2 Å². The van der Waals surface area contributed by atoms with Gasteiger partial charge < -0.3 is 14.2 Å². The van der Waals surface area contributed by atoms with E-state index < -0.39 is 0 Å². The first-order valence-electron chi connectivity index (χ1n) is 9.05. The van der Waals surface area contributed by atoms with Gasteiger partial charge in [0.25, 0.3) is 0 Å². The van der Waals surface area contributed by atoms with E-state index in [1.807, 2.05) is 30.3 Å². The Hall–Kier alpha value is -3.30. The number of methoxy groups -OCH3 is 2. The summed E-state index contributed by atoms with van der Waals surface area (Å²) in [5, 5.41) is 9.60. The van der Waals surface area contributed by atoms with Crippen molar-refractivity contribution in [2.24, 2.45) is 0 Å². The molecule has 30 heavy (non-hydrogen) atoms. The normalized spacial score (nSPS) is 11.0. The zero-order valence-corrected chi connectivity index (χ0v) is 18.1. The Bertz CT molecular complexity index is 1090. The number of halogens is 2. The molecule has 3 aromatic rings. The van der Waals surface area contributed by atoms with Gasteiger partial charge in [-0.2, -0.15) is 5.26 Å². The topological polar surface area (TPSA) is 51.5 Å². The fourth-order valence-electron chi connectivity index (χ4n) is 2.82. The molecule has 0 aliphatic heterocycles. The summed E-state index contributed by atoms with van der Waals surface area (Å²) in [7, 11) is 3.15. The van der Waals surface area contributed by atoms with E-state index in [9.17, 15) is 9.65 Å². The molecular formula is C24H19BrFNO3. The lowest BCUT2D eigenvalue weighted by atomic mass is 10.0. The third kappa shape index (κ3) is 5.19. The highest BCUT2D eigenvalue weighted by atomic mass is 79.9. The lowest BCUT2D eigenvalue weighted by molar-refractivity contribution is 0.282. The Morgan fingerprint density at radius 2 is 1.73 bits per heavy atom. The fourth-order valence-corrected chi connectivity index (χ4v) is 3.39. The van der Waals surface area contributed by atoms with Crippen molar-refractivity contribution in [2.45, 2.75) is 6.61 Å². The molecule has 0 bridgehead atoms. The average molecular weight is 468 g/mol. The van der Waals surface area contributed by atoms with Gasteiger partial charge in [0, 0.05) is 0 Å². The lowest BCUT2D eigenvalue weighted by Crippen LogP contribution is -1.99. The summed E-state index contributed by atoms with van der Waals surface area (Å²) in [5.41, 5.74) is 2.90. The van der Waals surface area contributed by atoms with Gasteiger partial charge in [0.05, 0.1) is 30.3 Å². The van der Waals surface area contributed by atoms with Gasteiger partial charge in [-0.15, -0.1) is 0 Å². The van der Waals surface area contributed by atoms with Gasteiger partial charge in [-0.3, -0.25) is 0 Å². The van der Waals surface area contributed by atoms with Crippen molar-refractivity contribution in [3.8, 4) is 23.3 Å². The number of benzene rings is 3. The Labute approximate surface area is 183 Å². The van der Waals surface area contributed by atoms with Crippen LogP contribution in [0.15, 0.2) is 65.1 Å². The van der Waals surface area contributed by atoms with E-state index in [0.29, 0.717) is 21.5 Å². The Morgan fingerprint density at radius 1 is 1.03 bits per heavy atom. The van der Waals surface area contributed by atoms with Crippen LogP contribution in [0.3, 0.4) is 0 Å². The highest BCUT2D eigenvalue weighted by molar-refractivity contribution is 9.10. The number of nitriles is 1. The zero-order chi connectivity index (χ0) is 21.5. The Balaban J connectivity index is 1.87. The van der Waals surface area contributed by atoms with Gasteiger partial charge in [-0.1, -0.05) is 12.1 Å². The molecule has 0 heterocycles. The summed E-state index contributed by atoms with van der Waals surface area (Å²) in [6.45, 7) is 0.264. The van der Waals surface area contributed by atoms with Gasteiger partial charge in [0.2, 0.25) is 0 Å². The molecule has 0 N–H and O–H groups in total. The number of hydrogen-bond donors (Lipinski definition) is 0. The minimum atomic E-state index is -0.293. The second kappa shape index (κ2) is 9.95. The first kappa shape index (κ1) is 21.4. The van der Waals surface area contributed by atoms with Crippen LogP contribution in [0.25, 0.3) is 11.6 Å². The van der Waals surface area contributed by atoms with Crippen LogP contribution in [-0.2, 0) is 6.61 Å². The van der Waals surface area contributed by atoms with E-state index >= 15 is 0 Å². The molecule has 0 aliphatic rings. The fraction of sp³-hybridized carbons (Fsp3) is 0.125. The molecule has 3 rings (SSSR count). The van der Waals surface area contributed by atoms with Crippen LogP contribution >= 0.6 is 15.9 Å². The van der Waals surface area contributed by atoms with Crippen molar-refractivity contribution < 1.29 is 18.6 Å². The third-order valence-electron chi connectivity index (χ3n) is 4.38. The molecule has 0 saturated heterocycles. The van der Waals surface area contributed by atoms with Gasteiger partial charge in [-0.05, 0) is 87.2 Å². The van der Waals surface area contributed by atoms with Crippen LogP contribution in [0.4, 0.5) is 4.39 Å². The minimum absolute atomic E-state index is 0.264. The van der Waals surface area contributed by atoms with E-state index in [2.05, 4.69) is 22.0 Å². The Morgan fingerprint density at radius 3 is 2.33 bits per heavy atom. The molecule has 0 unspecified atom stereocenters. The highest BCUT2D eigenvalue weighted by Gasteiger charge is 2.12. The number of allylic oxidation sites excluding steroid dienone is 1. The molecule has 6 heteroatoms. The maximum Gasteiger partial charge on any atom is 0.175 e. The van der Waals surface area contributed by atoms with E-state index in [1.165, 1.54) is 12.1 Å². The zero-order valence-electron chi connectivity index (χ0n) is 16.5. The van der Waals surface area contributed by atoms with E-state index in [4.69, 9.17) is 14.2 Å². The molecule has 0 aromatic heterocycles. The number of nitrogens with zero attached hydrogens (tertiary/aromatic N) is 1. The molecular weight excluding hydrogens is 449 g/mol. The summed E-state index contributed by atoms with van der Waals surface area (Å²) in [5.74, 6) is 1.48. The second-order valence-electron chi connectivity index (χ2n) is 6.35. The molecule has 0 saturated carbocycles. The van der Waals surface area contributed by atoms with Crippen molar-refractivity contribution in [1.82, 2.24) is 0 Å². The van der Waals surface area contributed by atoms with Crippen molar-refractivity contribution in [2.75, 3.05) is 14.2 Å². The van der Waals surface area contributed by atoms with Crippen LogP contribution in [-0.4, -0.2) is 14.2 Å². The van der Waals surface area contributed by atoms with Crippen LogP contribution in [0, 0.1) is 17.1 Å². The molecule has 4 nitrogen and oxygen atoms in total. The first-order chi connectivity index (χ1) is 14.5. The largest absolute Gasteiger partial charge is 0.497 e. The minimum Gasteiger partial charge on any atom is -0.497 e. The number of ether oxygens (including phenoxy) is 3. The van der Waals surface area contributed by atoms with Gasteiger partial charge >= 0.3 is 0 Å². The summed E-state index contributed by atoms with van der Waals surface area (Å²) in [4.78, 5) is 0. The summed E-state index contributed by atoms with van der Waals surface area (Å²) < 4.78 is 30.3. The molecule has 0 amide bonds. The van der Waals surface area contributed by atoms with Crippen LogP contribution in [0.1, 0.15) is 16.7 Å². The quantitative estimate of drug-likeness (QED) is 0.304. The van der Waals surface area contributed by atoms with Crippen molar-refractivity contribution >= 4 is 27.6 Å². The van der Waals surface area contributed by atoms with Crippen molar-refractivity contribution in [1.29, 1.82) is 5.26 Å². The summed E-state index contributed by atoms with van der Waals surface area (Å²) in [6.07, 6.45) is 1.78. The first-order valence-corrected chi connectivity index (χ1v) is 9.84. The molecule has 0 atom stereocenters. The van der Waals surface area contributed by atoms with Crippen LogP contribution < -0.4 is 14.2 Å². The standard InChI is InChI=1S/C24H19BrFNO3/c1-28-21-9-5-18(6-10-21)19(14-27)11-17-12-22(25)24(23(13-17)29-2)30-15-16-3-7-20(26)8-4-16/h3-13H,15H2,1-2H3/b19-11+. The van der Waals surface area contributed by atoms with E-state index in [0.717, 1.165) is 22.4 Å². The second-order valence-corrected chi connectivity index (χ2v) is 7.20. The van der Waals surface area contributed by atoms with Gasteiger partial charge in [0.1, 0.15) is 18.2 Å². The van der Waals surface area contributed by atoms with E-state index in [-0.39, 0.29) is 12.4 Å². The van der Waals surface area contributed by atoms with Gasteiger partial charge in [0.15, 0.2) is 11.5 Å². The molecule has 0 aliphatic carbocycles. The van der Waals surface area contributed by atoms with Gasteiger partial charge in [-0.25, -0.2) is 4.39 Å².